The van der Waals surface area contributed by atoms with Gasteiger partial charge < -0.3 is 4.74 Å². The van der Waals surface area contributed by atoms with Crippen molar-refractivity contribution in [1.29, 1.82) is 0 Å². The first-order chi connectivity index (χ1) is 9.98. The van der Waals surface area contributed by atoms with E-state index in [4.69, 9.17) is 16.3 Å². The van der Waals surface area contributed by atoms with Crippen molar-refractivity contribution in [2.75, 3.05) is 19.7 Å². The molecule has 0 N–H and O–H groups in total. The highest BCUT2D eigenvalue weighted by molar-refractivity contribution is 7.89. The Labute approximate surface area is 132 Å². The standard InChI is InChI=1S/C15H22ClNO3S/c1-3-17(11-14-5-4-8-20-14)21(18,19)15-7-6-12(2)13(9-15)10-16/h6-7,9,14H,3-5,8,10-11H2,1-2H3. The predicted octanol–water partition coefficient (Wildman–Crippen LogP) is 2.92. The van der Waals surface area contributed by atoms with Crippen LogP contribution < -0.4 is 0 Å². The molecule has 0 aliphatic carbocycles. The Balaban J connectivity index is 2.25. The average molecular weight is 332 g/mol. The van der Waals surface area contributed by atoms with Crippen LogP contribution in [0.2, 0.25) is 0 Å². The van der Waals surface area contributed by atoms with E-state index < -0.39 is 10.0 Å². The zero-order valence-corrected chi connectivity index (χ0v) is 14.1. The molecule has 2 rings (SSSR count). The van der Waals surface area contributed by atoms with E-state index in [1.807, 2.05) is 19.9 Å². The van der Waals surface area contributed by atoms with Crippen molar-refractivity contribution in [3.8, 4) is 0 Å². The maximum Gasteiger partial charge on any atom is 0.243 e. The summed E-state index contributed by atoms with van der Waals surface area (Å²) in [5.74, 6) is 0.313. The first-order valence-corrected chi connectivity index (χ1v) is 9.23. The molecule has 1 fully saturated rings. The highest BCUT2D eigenvalue weighted by Crippen LogP contribution is 2.22. The molecule has 4 nitrogen and oxygen atoms in total. The van der Waals surface area contributed by atoms with Gasteiger partial charge in [0.15, 0.2) is 0 Å². The molecule has 1 unspecified atom stereocenters. The van der Waals surface area contributed by atoms with Crippen molar-refractivity contribution in [2.45, 2.75) is 43.6 Å². The van der Waals surface area contributed by atoms with Crippen molar-refractivity contribution in [3.63, 3.8) is 0 Å². The number of hydrogen-bond donors (Lipinski definition) is 0. The molecule has 21 heavy (non-hydrogen) atoms. The number of benzene rings is 1. The maximum atomic E-state index is 12.8. The van der Waals surface area contributed by atoms with Crippen LogP contribution in [0.3, 0.4) is 0 Å². The lowest BCUT2D eigenvalue weighted by molar-refractivity contribution is 0.0947. The fraction of sp³-hybridized carbons (Fsp3) is 0.600. The highest BCUT2D eigenvalue weighted by Gasteiger charge is 2.28. The average Bonchev–Trinajstić information content (AvgIpc) is 2.97. The van der Waals surface area contributed by atoms with E-state index in [2.05, 4.69) is 0 Å². The molecule has 1 aromatic carbocycles. The normalized spacial score (nSPS) is 19.3. The van der Waals surface area contributed by atoms with E-state index in [-0.39, 0.29) is 6.10 Å². The molecule has 0 aromatic heterocycles. The third-order valence-electron chi connectivity index (χ3n) is 3.89. The third kappa shape index (κ3) is 3.77. The van der Waals surface area contributed by atoms with Gasteiger partial charge in [0.25, 0.3) is 0 Å². The fourth-order valence-corrected chi connectivity index (χ4v) is 4.33. The summed E-state index contributed by atoms with van der Waals surface area (Å²) in [5.41, 5.74) is 1.86. The zero-order chi connectivity index (χ0) is 15.5. The van der Waals surface area contributed by atoms with Gasteiger partial charge in [-0.25, -0.2) is 8.42 Å². The van der Waals surface area contributed by atoms with Gasteiger partial charge in [-0.3, -0.25) is 0 Å². The van der Waals surface area contributed by atoms with Gasteiger partial charge in [0.1, 0.15) is 0 Å². The van der Waals surface area contributed by atoms with Crippen LogP contribution in [0.5, 0.6) is 0 Å². The SMILES string of the molecule is CCN(CC1CCCO1)S(=O)(=O)c1ccc(C)c(CCl)c1. The number of aryl methyl sites for hydroxylation is 1. The number of rotatable bonds is 6. The van der Waals surface area contributed by atoms with Crippen molar-refractivity contribution in [1.82, 2.24) is 4.31 Å². The van der Waals surface area contributed by atoms with Crippen LogP contribution in [0, 0.1) is 6.92 Å². The first kappa shape index (κ1) is 16.7. The summed E-state index contributed by atoms with van der Waals surface area (Å²) in [4.78, 5) is 0.309. The summed E-state index contributed by atoms with van der Waals surface area (Å²) < 4.78 is 32.6. The third-order valence-corrected chi connectivity index (χ3v) is 6.11. The smallest absolute Gasteiger partial charge is 0.243 e. The van der Waals surface area contributed by atoms with Gasteiger partial charge in [0.2, 0.25) is 10.0 Å². The first-order valence-electron chi connectivity index (χ1n) is 7.26. The Bertz CT molecular complexity index is 583. The number of likely N-dealkylation sites (N-methyl/N-ethyl adjacent to an activating group) is 1. The highest BCUT2D eigenvalue weighted by atomic mass is 35.5. The molecule has 1 heterocycles. The molecule has 1 aliphatic rings. The van der Waals surface area contributed by atoms with Crippen molar-refractivity contribution in [2.24, 2.45) is 0 Å². The Kier molecular flexibility index (Phi) is 5.66. The Morgan fingerprint density at radius 2 is 2.19 bits per heavy atom. The summed E-state index contributed by atoms with van der Waals surface area (Å²) in [6, 6.07) is 5.14. The lowest BCUT2D eigenvalue weighted by atomic mass is 10.1. The lowest BCUT2D eigenvalue weighted by Gasteiger charge is -2.23. The summed E-state index contributed by atoms with van der Waals surface area (Å²) in [5, 5.41) is 0. The molecule has 0 radical (unpaired) electrons. The molecule has 118 valence electrons. The van der Waals surface area contributed by atoms with Gasteiger partial charge in [0, 0.05) is 25.6 Å². The van der Waals surface area contributed by atoms with E-state index in [1.165, 1.54) is 4.31 Å². The number of nitrogens with zero attached hydrogens (tertiary/aromatic N) is 1. The van der Waals surface area contributed by atoms with Crippen molar-refractivity contribution >= 4 is 21.6 Å². The monoisotopic (exact) mass is 331 g/mol. The summed E-state index contributed by atoms with van der Waals surface area (Å²) >= 11 is 5.88. The second kappa shape index (κ2) is 7.09. The summed E-state index contributed by atoms with van der Waals surface area (Å²) in [7, 11) is -3.49. The molecule has 0 amide bonds. The number of sulfonamides is 1. The van der Waals surface area contributed by atoms with Gasteiger partial charge in [-0.2, -0.15) is 4.31 Å². The molecule has 1 atom stereocenters. The van der Waals surface area contributed by atoms with Gasteiger partial charge in [-0.15, -0.1) is 11.6 Å². The fourth-order valence-electron chi connectivity index (χ4n) is 2.51. The van der Waals surface area contributed by atoms with Crippen LogP contribution in [0.15, 0.2) is 23.1 Å². The van der Waals surface area contributed by atoms with E-state index in [1.54, 1.807) is 12.1 Å². The van der Waals surface area contributed by atoms with Crippen LogP contribution >= 0.6 is 11.6 Å². The maximum absolute atomic E-state index is 12.8. The van der Waals surface area contributed by atoms with Crippen LogP contribution in [-0.2, 0) is 20.6 Å². The molecule has 0 spiro atoms. The minimum atomic E-state index is -3.49. The molecule has 0 saturated carbocycles. The molecular formula is C15H22ClNO3S. The van der Waals surface area contributed by atoms with E-state index in [9.17, 15) is 8.42 Å². The zero-order valence-electron chi connectivity index (χ0n) is 12.5. The largest absolute Gasteiger partial charge is 0.377 e. The van der Waals surface area contributed by atoms with Crippen molar-refractivity contribution in [3.05, 3.63) is 29.3 Å². The predicted molar refractivity (Wildman–Crippen MR) is 84.1 cm³/mol. The molecular weight excluding hydrogens is 310 g/mol. The van der Waals surface area contributed by atoms with E-state index in [0.29, 0.717) is 23.9 Å². The minimum absolute atomic E-state index is 0.0117. The van der Waals surface area contributed by atoms with E-state index in [0.717, 1.165) is 30.6 Å². The minimum Gasteiger partial charge on any atom is -0.377 e. The Morgan fingerprint density at radius 3 is 2.76 bits per heavy atom. The van der Waals surface area contributed by atoms with Gasteiger partial charge in [0.05, 0.1) is 11.0 Å². The van der Waals surface area contributed by atoms with Gasteiger partial charge in [-0.1, -0.05) is 13.0 Å². The molecule has 1 saturated heterocycles. The number of halogens is 1. The van der Waals surface area contributed by atoms with Crippen LogP contribution in [0.25, 0.3) is 0 Å². The topological polar surface area (TPSA) is 46.6 Å². The quantitative estimate of drug-likeness (QED) is 0.753. The van der Waals surface area contributed by atoms with Gasteiger partial charge >= 0.3 is 0 Å². The van der Waals surface area contributed by atoms with E-state index >= 15 is 0 Å². The summed E-state index contributed by atoms with van der Waals surface area (Å²) in [6.07, 6.45) is 1.94. The van der Waals surface area contributed by atoms with Gasteiger partial charge in [-0.05, 0) is 43.0 Å². The Hall–Kier alpha value is -0.620. The van der Waals surface area contributed by atoms with Crippen LogP contribution in [0.4, 0.5) is 0 Å². The number of hydrogen-bond acceptors (Lipinski definition) is 3. The van der Waals surface area contributed by atoms with Crippen molar-refractivity contribution < 1.29 is 13.2 Å². The molecule has 6 heteroatoms. The number of ether oxygens (including phenoxy) is 1. The lowest BCUT2D eigenvalue weighted by Crippen LogP contribution is -2.37. The van der Waals surface area contributed by atoms with Crippen LogP contribution in [0.1, 0.15) is 30.9 Å². The second-order valence-corrected chi connectivity index (χ2v) is 7.52. The molecule has 1 aliphatic heterocycles. The molecule has 1 aromatic rings. The Morgan fingerprint density at radius 1 is 1.43 bits per heavy atom. The number of alkyl halides is 1. The second-order valence-electron chi connectivity index (χ2n) is 5.31. The molecule has 0 bridgehead atoms. The van der Waals surface area contributed by atoms with Crippen LogP contribution in [-0.4, -0.2) is 38.5 Å². The summed E-state index contributed by atoms with van der Waals surface area (Å²) in [6.45, 7) is 5.36.